The number of likely N-dealkylation sites (tertiary alicyclic amines) is 1. The third-order valence-electron chi connectivity index (χ3n) is 6.57. The van der Waals surface area contributed by atoms with E-state index in [0.717, 1.165) is 45.6 Å². The standard InChI is InChI=1S/C26H35N3O3/c1-16(2)13-22-21(15-27)24(19-9-7-17(3)8-10-19)20(18(4)28-22)14-23(30)29-12-6-11-26(29,5)25(31)32/h7-10,16H,6,11-15,27H2,1-5H3,(H,31,32)/t26-/m0/s1. The summed E-state index contributed by atoms with van der Waals surface area (Å²) < 4.78 is 0. The molecule has 0 spiro atoms. The summed E-state index contributed by atoms with van der Waals surface area (Å²) >= 11 is 0. The van der Waals surface area contributed by atoms with Crippen LogP contribution in [0.25, 0.3) is 11.1 Å². The Bertz CT molecular complexity index is 1010. The number of benzene rings is 1. The Balaban J connectivity index is 2.13. The van der Waals surface area contributed by atoms with Gasteiger partial charge in [-0.25, -0.2) is 4.79 Å². The minimum atomic E-state index is -1.16. The van der Waals surface area contributed by atoms with Crippen molar-refractivity contribution in [3.63, 3.8) is 0 Å². The third-order valence-corrected chi connectivity index (χ3v) is 6.57. The largest absolute Gasteiger partial charge is 0.480 e. The van der Waals surface area contributed by atoms with Gasteiger partial charge in [-0.3, -0.25) is 9.78 Å². The predicted octanol–water partition coefficient (Wildman–Crippen LogP) is 4.03. The van der Waals surface area contributed by atoms with Crippen LogP contribution in [-0.2, 0) is 29.0 Å². The maximum absolute atomic E-state index is 13.4. The molecule has 2 aromatic rings. The molecular formula is C26H35N3O3. The van der Waals surface area contributed by atoms with Crippen molar-refractivity contribution >= 4 is 11.9 Å². The molecule has 1 aliphatic rings. The Morgan fingerprint density at radius 2 is 1.84 bits per heavy atom. The van der Waals surface area contributed by atoms with Gasteiger partial charge in [0.25, 0.3) is 0 Å². The van der Waals surface area contributed by atoms with Crippen LogP contribution in [0, 0.1) is 19.8 Å². The molecule has 0 bridgehead atoms. The van der Waals surface area contributed by atoms with Crippen LogP contribution in [0.3, 0.4) is 0 Å². The monoisotopic (exact) mass is 437 g/mol. The second kappa shape index (κ2) is 9.41. The van der Waals surface area contributed by atoms with Crippen LogP contribution in [0.15, 0.2) is 24.3 Å². The summed E-state index contributed by atoms with van der Waals surface area (Å²) in [5, 5.41) is 9.75. The summed E-state index contributed by atoms with van der Waals surface area (Å²) in [5.41, 5.74) is 11.8. The number of amides is 1. The second-order valence-electron chi connectivity index (χ2n) is 9.55. The topological polar surface area (TPSA) is 96.5 Å². The van der Waals surface area contributed by atoms with Crippen molar-refractivity contribution in [1.29, 1.82) is 0 Å². The van der Waals surface area contributed by atoms with Gasteiger partial charge in [0.05, 0.1) is 6.42 Å². The molecule has 1 saturated heterocycles. The van der Waals surface area contributed by atoms with Crippen LogP contribution < -0.4 is 5.73 Å². The fourth-order valence-corrected chi connectivity index (χ4v) is 4.74. The summed E-state index contributed by atoms with van der Waals surface area (Å²) in [5.74, 6) is -0.705. The van der Waals surface area contributed by atoms with Crippen LogP contribution in [0.2, 0.25) is 0 Å². The fraction of sp³-hybridized carbons (Fsp3) is 0.500. The molecule has 0 radical (unpaired) electrons. The normalized spacial score (nSPS) is 18.4. The van der Waals surface area contributed by atoms with E-state index in [9.17, 15) is 14.7 Å². The first kappa shape index (κ1) is 23.9. The highest BCUT2D eigenvalue weighted by atomic mass is 16.4. The molecule has 172 valence electrons. The molecule has 1 amide bonds. The van der Waals surface area contributed by atoms with Gasteiger partial charge < -0.3 is 15.7 Å². The smallest absolute Gasteiger partial charge is 0.329 e. The first-order chi connectivity index (χ1) is 15.1. The molecule has 6 heteroatoms. The molecular weight excluding hydrogens is 402 g/mol. The van der Waals surface area contributed by atoms with Crippen molar-refractivity contribution < 1.29 is 14.7 Å². The zero-order valence-electron chi connectivity index (χ0n) is 19.9. The number of aromatic nitrogens is 1. The minimum absolute atomic E-state index is 0.111. The van der Waals surface area contributed by atoms with E-state index in [1.807, 2.05) is 13.8 Å². The van der Waals surface area contributed by atoms with E-state index in [0.29, 0.717) is 31.8 Å². The fourth-order valence-electron chi connectivity index (χ4n) is 4.74. The van der Waals surface area contributed by atoms with Gasteiger partial charge in [0.2, 0.25) is 5.91 Å². The number of aryl methyl sites for hydroxylation is 2. The van der Waals surface area contributed by atoms with Crippen LogP contribution >= 0.6 is 0 Å². The summed E-state index contributed by atoms with van der Waals surface area (Å²) in [4.78, 5) is 31.7. The number of nitrogens with zero attached hydrogens (tertiary/aromatic N) is 2. The van der Waals surface area contributed by atoms with Crippen molar-refractivity contribution in [3.05, 3.63) is 52.3 Å². The van der Waals surface area contributed by atoms with Crippen molar-refractivity contribution in [2.45, 2.75) is 72.4 Å². The zero-order chi connectivity index (χ0) is 23.6. The Morgan fingerprint density at radius 3 is 2.41 bits per heavy atom. The molecule has 6 nitrogen and oxygen atoms in total. The first-order valence-corrected chi connectivity index (χ1v) is 11.4. The van der Waals surface area contributed by atoms with E-state index < -0.39 is 11.5 Å². The van der Waals surface area contributed by atoms with Crippen LogP contribution in [0.4, 0.5) is 0 Å². The third kappa shape index (κ3) is 4.56. The van der Waals surface area contributed by atoms with E-state index in [1.54, 1.807) is 6.92 Å². The van der Waals surface area contributed by atoms with Gasteiger partial charge in [-0.15, -0.1) is 0 Å². The summed E-state index contributed by atoms with van der Waals surface area (Å²) in [7, 11) is 0. The molecule has 3 N–H and O–H groups in total. The Labute approximate surface area is 190 Å². The number of hydrogen-bond acceptors (Lipinski definition) is 4. The number of carboxylic acid groups (broad SMARTS) is 1. The molecule has 2 heterocycles. The number of carboxylic acids is 1. The van der Waals surface area contributed by atoms with E-state index >= 15 is 0 Å². The first-order valence-electron chi connectivity index (χ1n) is 11.4. The molecule has 1 aromatic heterocycles. The van der Waals surface area contributed by atoms with Gasteiger partial charge in [0.15, 0.2) is 0 Å². The number of aliphatic carboxylic acids is 1. The van der Waals surface area contributed by atoms with Gasteiger partial charge in [-0.05, 0) is 68.2 Å². The van der Waals surface area contributed by atoms with Crippen molar-refractivity contribution in [2.24, 2.45) is 11.7 Å². The van der Waals surface area contributed by atoms with E-state index in [-0.39, 0.29) is 12.3 Å². The second-order valence-corrected chi connectivity index (χ2v) is 9.55. The van der Waals surface area contributed by atoms with Crippen molar-refractivity contribution in [1.82, 2.24) is 9.88 Å². The Kier molecular flexibility index (Phi) is 7.03. The highest BCUT2D eigenvalue weighted by Crippen LogP contribution is 2.35. The maximum Gasteiger partial charge on any atom is 0.329 e. The maximum atomic E-state index is 13.4. The molecule has 0 saturated carbocycles. The molecule has 1 aliphatic heterocycles. The average Bonchev–Trinajstić information content (AvgIpc) is 3.13. The molecule has 1 fully saturated rings. The summed E-state index contributed by atoms with van der Waals surface area (Å²) in [6.07, 6.45) is 2.08. The molecule has 0 aliphatic carbocycles. The highest BCUT2D eigenvalue weighted by Gasteiger charge is 2.45. The lowest BCUT2D eigenvalue weighted by molar-refractivity contribution is -0.155. The molecule has 3 rings (SSSR count). The number of pyridine rings is 1. The van der Waals surface area contributed by atoms with Crippen LogP contribution in [0.5, 0.6) is 0 Å². The van der Waals surface area contributed by atoms with Gasteiger partial charge in [-0.2, -0.15) is 0 Å². The SMILES string of the molecule is Cc1ccc(-c2c(CC(=O)N3CCC[C@@]3(C)C(=O)O)c(C)nc(CC(C)C)c2CN)cc1. The number of hydrogen-bond donors (Lipinski definition) is 2. The predicted molar refractivity (Wildman–Crippen MR) is 126 cm³/mol. The zero-order valence-corrected chi connectivity index (χ0v) is 19.9. The Morgan fingerprint density at radius 1 is 1.19 bits per heavy atom. The number of carbonyl (C=O) groups excluding carboxylic acids is 1. The van der Waals surface area contributed by atoms with E-state index in [1.165, 1.54) is 4.90 Å². The Hall–Kier alpha value is -2.73. The van der Waals surface area contributed by atoms with E-state index in [4.69, 9.17) is 10.7 Å². The summed E-state index contributed by atoms with van der Waals surface area (Å²) in [6, 6.07) is 8.24. The molecule has 1 atom stereocenters. The lowest BCUT2D eigenvalue weighted by Gasteiger charge is -2.32. The van der Waals surface area contributed by atoms with Gasteiger partial charge in [0, 0.05) is 24.5 Å². The lowest BCUT2D eigenvalue weighted by Crippen LogP contribution is -2.51. The van der Waals surface area contributed by atoms with Gasteiger partial charge in [0.1, 0.15) is 5.54 Å². The van der Waals surface area contributed by atoms with Crippen molar-refractivity contribution in [3.8, 4) is 11.1 Å². The molecule has 0 unspecified atom stereocenters. The molecule has 32 heavy (non-hydrogen) atoms. The van der Waals surface area contributed by atoms with E-state index in [2.05, 4.69) is 38.1 Å². The number of nitrogens with two attached hydrogens (primary N) is 1. The van der Waals surface area contributed by atoms with Crippen LogP contribution in [0.1, 0.15) is 61.7 Å². The highest BCUT2D eigenvalue weighted by molar-refractivity contribution is 5.90. The number of carbonyl (C=O) groups is 2. The van der Waals surface area contributed by atoms with Crippen molar-refractivity contribution in [2.75, 3.05) is 6.54 Å². The van der Waals surface area contributed by atoms with Gasteiger partial charge >= 0.3 is 5.97 Å². The lowest BCUT2D eigenvalue weighted by atomic mass is 9.88. The molecule has 1 aromatic carbocycles. The number of rotatable bonds is 7. The van der Waals surface area contributed by atoms with Gasteiger partial charge in [-0.1, -0.05) is 43.7 Å². The average molecular weight is 438 g/mol. The van der Waals surface area contributed by atoms with Crippen LogP contribution in [-0.4, -0.2) is 39.0 Å². The summed E-state index contributed by atoms with van der Waals surface area (Å²) in [6.45, 7) is 10.7. The minimum Gasteiger partial charge on any atom is -0.480 e. The quantitative estimate of drug-likeness (QED) is 0.682.